The molecule has 4 heterocycles. The zero-order chi connectivity index (χ0) is 18.3. The number of thioether (sulfide) groups is 1. The summed E-state index contributed by atoms with van der Waals surface area (Å²) in [5, 5.41) is 34.7. The highest BCUT2D eigenvalue weighted by Gasteiger charge is 2.52. The van der Waals surface area contributed by atoms with Gasteiger partial charge in [-0.2, -0.15) is 5.21 Å². The number of hydrogen-bond donors (Lipinski definition) is 3. The number of ether oxygens (including phenoxy) is 1. The minimum atomic E-state index is -1.21. The number of rotatable bonds is 6. The predicted molar refractivity (Wildman–Crippen MR) is 81.0 cm³/mol. The molecular weight excluding hydrogens is 368 g/mol. The number of H-pyrrole nitrogens is 1. The third-order valence-electron chi connectivity index (χ3n) is 3.85. The van der Waals surface area contributed by atoms with Crippen LogP contribution in [-0.2, 0) is 20.9 Å². The van der Waals surface area contributed by atoms with Crippen molar-refractivity contribution in [3.05, 3.63) is 17.1 Å². The molecule has 136 valence electrons. The van der Waals surface area contributed by atoms with E-state index in [9.17, 15) is 14.7 Å². The molecule has 4 rings (SSSR count). The number of aromatic amines is 1. The summed E-state index contributed by atoms with van der Waals surface area (Å²) >= 11 is 1.20. The molecule has 0 aliphatic carbocycles. The number of nitrogens with two attached hydrogens (primary N) is 1. The fraction of sp³-hybridized carbons (Fsp3) is 0.455. The van der Waals surface area contributed by atoms with Gasteiger partial charge in [-0.05, 0) is 16.0 Å². The van der Waals surface area contributed by atoms with Gasteiger partial charge in [-0.25, -0.2) is 9.48 Å². The molecule has 0 saturated carbocycles. The van der Waals surface area contributed by atoms with Gasteiger partial charge < -0.3 is 15.6 Å². The molecule has 26 heavy (non-hydrogen) atoms. The highest BCUT2D eigenvalue weighted by molar-refractivity contribution is 7.99. The second kappa shape index (κ2) is 6.43. The molecule has 2 aliphatic heterocycles. The molecular formula is C11H12N10O4S. The van der Waals surface area contributed by atoms with Crippen molar-refractivity contribution in [2.45, 2.75) is 24.0 Å². The molecule has 1 amide bonds. The summed E-state index contributed by atoms with van der Waals surface area (Å²) in [7, 11) is 0. The molecule has 0 aromatic carbocycles. The third-order valence-corrected chi connectivity index (χ3v) is 4.89. The van der Waals surface area contributed by atoms with Crippen LogP contribution < -0.4 is 5.73 Å². The first-order valence-electron chi connectivity index (χ1n) is 7.33. The summed E-state index contributed by atoms with van der Waals surface area (Å²) in [5.74, 6) is -1.06. The summed E-state index contributed by atoms with van der Waals surface area (Å²) in [6, 6.07) is -0.833. The zero-order valence-corrected chi connectivity index (χ0v) is 13.8. The smallest absolute Gasteiger partial charge is 0.352 e. The molecule has 2 aliphatic rings. The molecule has 4 N–H and O–H groups in total. The summed E-state index contributed by atoms with van der Waals surface area (Å²) in [6.07, 6.45) is -0.731. The molecule has 14 nitrogen and oxygen atoms in total. The minimum Gasteiger partial charge on any atom is -0.477 e. The van der Waals surface area contributed by atoms with Crippen molar-refractivity contribution >= 4 is 23.6 Å². The first-order valence-corrected chi connectivity index (χ1v) is 8.31. The molecule has 1 saturated heterocycles. The Hall–Kier alpha value is -2.91. The Bertz CT molecular complexity index is 879. The number of tetrazole rings is 2. The van der Waals surface area contributed by atoms with E-state index in [0.717, 1.165) is 4.90 Å². The van der Waals surface area contributed by atoms with Crippen molar-refractivity contribution in [1.29, 1.82) is 0 Å². The highest BCUT2D eigenvalue weighted by Crippen LogP contribution is 2.33. The Morgan fingerprint density at radius 2 is 2.31 bits per heavy atom. The van der Waals surface area contributed by atoms with Gasteiger partial charge in [0, 0.05) is 5.75 Å². The van der Waals surface area contributed by atoms with Gasteiger partial charge in [-0.1, -0.05) is 17.0 Å². The quantitative estimate of drug-likeness (QED) is 0.345. The number of hydrogen-bond acceptors (Lipinski definition) is 11. The molecule has 1 unspecified atom stereocenters. The topological polar surface area (TPSA) is 191 Å². The number of aromatic nitrogens is 8. The van der Waals surface area contributed by atoms with Crippen molar-refractivity contribution in [3.8, 4) is 0 Å². The Morgan fingerprint density at radius 3 is 3.04 bits per heavy atom. The lowest BCUT2D eigenvalue weighted by molar-refractivity contribution is -0.180. The van der Waals surface area contributed by atoms with E-state index in [2.05, 4.69) is 36.1 Å². The minimum absolute atomic E-state index is 0.0587. The number of carbonyl (C=O) groups excluding carboxylic acids is 1. The second-order valence-electron chi connectivity index (χ2n) is 5.43. The van der Waals surface area contributed by atoms with Crippen LogP contribution in [-0.4, -0.2) is 87.3 Å². The molecule has 0 bridgehead atoms. The van der Waals surface area contributed by atoms with Crippen molar-refractivity contribution in [1.82, 2.24) is 45.7 Å². The van der Waals surface area contributed by atoms with E-state index >= 15 is 0 Å². The van der Waals surface area contributed by atoms with Gasteiger partial charge >= 0.3 is 5.97 Å². The van der Waals surface area contributed by atoms with Crippen molar-refractivity contribution in [3.63, 3.8) is 0 Å². The maximum absolute atomic E-state index is 11.9. The number of carboxylic acids is 1. The monoisotopic (exact) mass is 380 g/mol. The van der Waals surface area contributed by atoms with Crippen LogP contribution in [0.2, 0.25) is 0 Å². The summed E-state index contributed by atoms with van der Waals surface area (Å²) < 4.78 is 6.94. The van der Waals surface area contributed by atoms with E-state index in [1.54, 1.807) is 0 Å². The van der Waals surface area contributed by atoms with E-state index < -0.39 is 24.1 Å². The Kier molecular flexibility index (Phi) is 4.09. The van der Waals surface area contributed by atoms with E-state index in [0.29, 0.717) is 16.6 Å². The van der Waals surface area contributed by atoms with E-state index in [1.807, 2.05) is 0 Å². The van der Waals surface area contributed by atoms with Crippen LogP contribution in [0.5, 0.6) is 0 Å². The normalized spacial score (nSPS) is 22.3. The van der Waals surface area contributed by atoms with Gasteiger partial charge in [-0.3, -0.25) is 9.69 Å². The fourth-order valence-electron chi connectivity index (χ4n) is 2.63. The molecule has 0 spiro atoms. The van der Waals surface area contributed by atoms with Crippen LogP contribution in [0, 0.1) is 0 Å². The van der Waals surface area contributed by atoms with Gasteiger partial charge in [0.2, 0.25) is 5.16 Å². The number of carbonyl (C=O) groups is 2. The third kappa shape index (κ3) is 2.71. The van der Waals surface area contributed by atoms with E-state index in [1.165, 1.54) is 16.4 Å². The first-order chi connectivity index (χ1) is 12.6. The van der Waals surface area contributed by atoms with Gasteiger partial charge in [0.25, 0.3) is 5.91 Å². The van der Waals surface area contributed by atoms with Crippen molar-refractivity contribution < 1.29 is 19.4 Å². The van der Waals surface area contributed by atoms with Crippen LogP contribution in [0.25, 0.3) is 0 Å². The van der Waals surface area contributed by atoms with Crippen molar-refractivity contribution in [2.24, 2.45) is 5.73 Å². The maximum atomic E-state index is 11.9. The average molecular weight is 380 g/mol. The van der Waals surface area contributed by atoms with Gasteiger partial charge in [-0.15, -0.1) is 15.3 Å². The zero-order valence-electron chi connectivity index (χ0n) is 13.0. The van der Waals surface area contributed by atoms with Crippen LogP contribution in [0.4, 0.5) is 0 Å². The molecule has 1 fully saturated rings. The molecule has 0 radical (unpaired) electrons. The van der Waals surface area contributed by atoms with E-state index in [-0.39, 0.29) is 24.6 Å². The summed E-state index contributed by atoms with van der Waals surface area (Å²) in [5.41, 5.74) is 5.97. The van der Waals surface area contributed by atoms with Gasteiger partial charge in [0.05, 0.1) is 6.61 Å². The summed E-state index contributed by atoms with van der Waals surface area (Å²) in [6.45, 7) is 0.262. The number of nitrogens with zero attached hydrogens (tertiary/aromatic N) is 8. The Labute approximate surface area is 148 Å². The number of aliphatic carboxylic acids is 1. The SMILES string of the molecule is N[C@@H]1C(=O)N2C(C(=O)O)=C(CSc3nnnn3Cc3nn[nH]n3)COC12. The standard InChI is InChI=1S/C11H12N10O4S/c12-6-8(22)21-7(10(23)24)4(2-25-9(6)21)3-26-11-15-18-19-20(11)1-5-13-16-17-14-5/h6,9H,1-3,12H2,(H,23,24)(H,13,14,16,17)/t6-,9?/m1/s1. The number of amides is 1. The van der Waals surface area contributed by atoms with Gasteiger partial charge in [0.15, 0.2) is 12.1 Å². The molecule has 2 atom stereocenters. The number of β-lactam (4-membered cyclic amide) rings is 1. The second-order valence-corrected chi connectivity index (χ2v) is 6.37. The maximum Gasteiger partial charge on any atom is 0.352 e. The van der Waals surface area contributed by atoms with Crippen LogP contribution in [0.3, 0.4) is 0 Å². The predicted octanol–water partition coefficient (Wildman–Crippen LogP) is -2.81. The van der Waals surface area contributed by atoms with E-state index in [4.69, 9.17) is 10.5 Å². The van der Waals surface area contributed by atoms with Gasteiger partial charge in [0.1, 0.15) is 18.3 Å². The van der Waals surface area contributed by atoms with Crippen LogP contribution in [0.1, 0.15) is 5.82 Å². The van der Waals surface area contributed by atoms with Crippen LogP contribution >= 0.6 is 11.8 Å². The lowest BCUT2D eigenvalue weighted by Gasteiger charge is -2.47. The highest BCUT2D eigenvalue weighted by atomic mass is 32.2. The Balaban J connectivity index is 1.51. The number of carboxylic acid groups (broad SMARTS) is 1. The average Bonchev–Trinajstić information content (AvgIpc) is 3.30. The van der Waals surface area contributed by atoms with Crippen molar-refractivity contribution in [2.75, 3.05) is 12.4 Å². The number of fused-ring (bicyclic) bond motifs is 1. The van der Waals surface area contributed by atoms with Crippen LogP contribution in [0.15, 0.2) is 16.4 Å². The largest absolute Gasteiger partial charge is 0.477 e. The Morgan fingerprint density at radius 1 is 1.46 bits per heavy atom. The number of nitrogens with one attached hydrogen (secondary N) is 1. The molecule has 15 heteroatoms. The summed E-state index contributed by atoms with van der Waals surface area (Å²) in [4.78, 5) is 24.6. The fourth-order valence-corrected chi connectivity index (χ4v) is 3.49. The lowest BCUT2D eigenvalue weighted by atomic mass is 10.0. The molecule has 2 aromatic heterocycles. The molecule has 2 aromatic rings. The lowest BCUT2D eigenvalue weighted by Crippen LogP contribution is -2.71. The first kappa shape index (κ1) is 16.6.